The number of hydrogen-bond donors (Lipinski definition) is 0. The third-order valence-corrected chi connectivity index (χ3v) is 4.08. The molecule has 0 aliphatic heterocycles. The van der Waals surface area contributed by atoms with Gasteiger partial charge in [-0.1, -0.05) is 94.9 Å². The van der Waals surface area contributed by atoms with Gasteiger partial charge in [0.25, 0.3) is 0 Å². The molecule has 1 saturated carbocycles. The van der Waals surface area contributed by atoms with E-state index in [2.05, 4.69) is 60.7 Å². The summed E-state index contributed by atoms with van der Waals surface area (Å²) in [5, 5.41) is 2.79. The predicted octanol–water partition coefficient (Wildman–Crippen LogP) is 3.88. The van der Waals surface area contributed by atoms with Crippen LogP contribution >= 0.6 is 8.58 Å². The summed E-state index contributed by atoms with van der Waals surface area (Å²) in [7, 11) is 0.777. The molecule has 0 unspecified atom stereocenters. The van der Waals surface area contributed by atoms with Crippen LogP contribution in [0.2, 0.25) is 0 Å². The van der Waals surface area contributed by atoms with Crippen molar-refractivity contribution in [2.45, 2.75) is 25.7 Å². The van der Waals surface area contributed by atoms with Crippen LogP contribution in [0, 0.1) is 0 Å². The highest BCUT2D eigenvalue weighted by Crippen LogP contribution is 2.15. The molecule has 17 heavy (non-hydrogen) atoms. The summed E-state index contributed by atoms with van der Waals surface area (Å²) in [4.78, 5) is 0. The average Bonchev–Trinajstić information content (AvgIpc) is 2.29. The van der Waals surface area contributed by atoms with E-state index in [1.807, 2.05) is 0 Å². The van der Waals surface area contributed by atoms with Gasteiger partial charge in [-0.05, 0) is 10.6 Å². The Hall–Kier alpha value is -1.13. The maximum Gasteiger partial charge on any atom is -0.0226 e. The Morgan fingerprint density at radius 3 is 1.18 bits per heavy atom. The molecule has 1 aliphatic rings. The quantitative estimate of drug-likeness (QED) is 0.701. The third kappa shape index (κ3) is 4.71. The lowest BCUT2D eigenvalue weighted by Crippen LogP contribution is -2.01. The van der Waals surface area contributed by atoms with E-state index in [0.717, 1.165) is 8.58 Å². The fourth-order valence-corrected chi connectivity index (χ4v) is 2.51. The maximum absolute atomic E-state index is 2.17. The molecule has 1 aliphatic carbocycles. The molecule has 1 fully saturated rings. The first-order valence-electron chi connectivity index (χ1n) is 6.32. The monoisotopic (exact) mass is 242 g/mol. The van der Waals surface area contributed by atoms with Crippen LogP contribution in [0.5, 0.6) is 0 Å². The van der Waals surface area contributed by atoms with E-state index in [1.54, 1.807) is 0 Å². The molecular weight excluding hydrogens is 223 g/mol. The van der Waals surface area contributed by atoms with Gasteiger partial charge in [0.05, 0.1) is 0 Å². The second-order valence-electron chi connectivity index (χ2n) is 4.27. The molecule has 0 aromatic heterocycles. The molecule has 3 rings (SSSR count). The Morgan fingerprint density at radius 1 is 0.529 bits per heavy atom. The highest BCUT2D eigenvalue weighted by molar-refractivity contribution is 7.55. The molecule has 1 heteroatoms. The lowest BCUT2D eigenvalue weighted by Gasteiger charge is -2.05. The molecule has 0 spiro atoms. The smallest absolute Gasteiger partial charge is 0.0226 e. The second kappa shape index (κ2) is 7.25. The van der Waals surface area contributed by atoms with E-state index in [1.165, 1.54) is 36.3 Å². The molecule has 2 aromatic carbocycles. The summed E-state index contributed by atoms with van der Waals surface area (Å²) in [6.45, 7) is 0. The molecule has 0 saturated heterocycles. The van der Waals surface area contributed by atoms with Crippen molar-refractivity contribution < 1.29 is 0 Å². The van der Waals surface area contributed by atoms with Crippen LogP contribution in [-0.2, 0) is 0 Å². The van der Waals surface area contributed by atoms with Gasteiger partial charge in [-0.25, -0.2) is 0 Å². The summed E-state index contributed by atoms with van der Waals surface area (Å²) in [6.07, 6.45) is 6.00. The van der Waals surface area contributed by atoms with Crippen molar-refractivity contribution in [2.75, 3.05) is 0 Å². The van der Waals surface area contributed by atoms with Gasteiger partial charge in [0.2, 0.25) is 0 Å². The largest absolute Gasteiger partial charge is 0.0622 e. The summed E-state index contributed by atoms with van der Waals surface area (Å²) < 4.78 is 0. The molecule has 0 nitrogen and oxygen atoms in total. The minimum Gasteiger partial charge on any atom is -0.0622 e. The number of benzene rings is 2. The molecule has 0 atom stereocenters. The van der Waals surface area contributed by atoms with Gasteiger partial charge < -0.3 is 0 Å². The zero-order valence-electron chi connectivity index (χ0n) is 10.1. The zero-order chi connectivity index (χ0) is 11.8. The lowest BCUT2D eigenvalue weighted by molar-refractivity contribution is 0.504. The molecule has 0 N–H and O–H groups in total. The molecule has 88 valence electrons. The summed E-state index contributed by atoms with van der Waals surface area (Å²) >= 11 is 0. The van der Waals surface area contributed by atoms with Gasteiger partial charge in [-0.3, -0.25) is 0 Å². The second-order valence-corrected chi connectivity index (χ2v) is 5.68. The standard InChI is InChI=1S/C12H11P.C4H8/c1-3-7-11(8-4-1)13-12-9-5-2-6-10-12;1-2-4-3-1/h1-10,13H;1-4H2. The van der Waals surface area contributed by atoms with Crippen LogP contribution < -0.4 is 10.6 Å². The summed E-state index contributed by atoms with van der Waals surface area (Å²) in [5.41, 5.74) is 0. The van der Waals surface area contributed by atoms with Crippen LogP contribution in [0.4, 0.5) is 0 Å². The fraction of sp³-hybridized carbons (Fsp3) is 0.250. The van der Waals surface area contributed by atoms with Gasteiger partial charge in [-0.2, -0.15) is 0 Å². The van der Waals surface area contributed by atoms with Crippen LogP contribution in [0.15, 0.2) is 60.7 Å². The van der Waals surface area contributed by atoms with Crippen LogP contribution in [0.3, 0.4) is 0 Å². The summed E-state index contributed by atoms with van der Waals surface area (Å²) in [5.74, 6) is 0. The Morgan fingerprint density at radius 2 is 0.882 bits per heavy atom. The molecule has 2 aromatic rings. The lowest BCUT2D eigenvalue weighted by atomic mass is 10.0. The van der Waals surface area contributed by atoms with Crippen LogP contribution in [0.1, 0.15) is 25.7 Å². The van der Waals surface area contributed by atoms with E-state index in [0.29, 0.717) is 0 Å². The van der Waals surface area contributed by atoms with Gasteiger partial charge in [0, 0.05) is 0 Å². The first-order valence-corrected chi connectivity index (χ1v) is 7.32. The van der Waals surface area contributed by atoms with Crippen molar-refractivity contribution >= 4 is 19.2 Å². The average molecular weight is 242 g/mol. The Kier molecular flexibility index (Phi) is 5.26. The Bertz CT molecular complexity index is 363. The maximum atomic E-state index is 2.17. The minimum atomic E-state index is 0.777. The number of rotatable bonds is 2. The van der Waals surface area contributed by atoms with Crippen LogP contribution in [-0.4, -0.2) is 0 Å². The minimum absolute atomic E-state index is 0.777. The third-order valence-electron chi connectivity index (χ3n) is 2.84. The molecule has 0 amide bonds. The molecular formula is C16H19P. The normalized spacial score (nSPS) is 13.2. The molecule has 0 heterocycles. The van der Waals surface area contributed by atoms with E-state index in [4.69, 9.17) is 0 Å². The van der Waals surface area contributed by atoms with Crippen molar-refractivity contribution in [3.63, 3.8) is 0 Å². The SMILES string of the molecule is C1CCC1.c1ccc(Pc2ccccc2)cc1. The van der Waals surface area contributed by atoms with E-state index < -0.39 is 0 Å². The summed E-state index contributed by atoms with van der Waals surface area (Å²) in [6, 6.07) is 21.2. The highest BCUT2D eigenvalue weighted by atomic mass is 31.1. The van der Waals surface area contributed by atoms with Gasteiger partial charge in [0.1, 0.15) is 0 Å². The topological polar surface area (TPSA) is 0 Å². The van der Waals surface area contributed by atoms with Crippen molar-refractivity contribution in [3.8, 4) is 0 Å². The van der Waals surface area contributed by atoms with E-state index in [9.17, 15) is 0 Å². The predicted molar refractivity (Wildman–Crippen MR) is 78.9 cm³/mol. The van der Waals surface area contributed by atoms with Crippen molar-refractivity contribution in [1.82, 2.24) is 0 Å². The Labute approximate surface area is 106 Å². The van der Waals surface area contributed by atoms with Gasteiger partial charge >= 0.3 is 0 Å². The molecule has 0 radical (unpaired) electrons. The van der Waals surface area contributed by atoms with Crippen molar-refractivity contribution in [1.29, 1.82) is 0 Å². The van der Waals surface area contributed by atoms with Gasteiger partial charge in [-0.15, -0.1) is 0 Å². The first-order chi connectivity index (χ1) is 8.45. The molecule has 0 bridgehead atoms. The first kappa shape index (κ1) is 12.3. The van der Waals surface area contributed by atoms with Crippen molar-refractivity contribution in [3.05, 3.63) is 60.7 Å². The van der Waals surface area contributed by atoms with E-state index in [-0.39, 0.29) is 0 Å². The number of hydrogen-bond acceptors (Lipinski definition) is 0. The van der Waals surface area contributed by atoms with Crippen molar-refractivity contribution in [2.24, 2.45) is 0 Å². The van der Waals surface area contributed by atoms with E-state index >= 15 is 0 Å². The van der Waals surface area contributed by atoms with Crippen LogP contribution in [0.25, 0.3) is 0 Å². The highest BCUT2D eigenvalue weighted by Gasteiger charge is 1.95. The van der Waals surface area contributed by atoms with Gasteiger partial charge in [0.15, 0.2) is 0 Å². The zero-order valence-corrected chi connectivity index (χ0v) is 11.1. The fourth-order valence-electron chi connectivity index (χ4n) is 1.46. The Balaban J connectivity index is 0.000000228.